The average Bonchev–Trinajstić information content (AvgIpc) is 1.82. The van der Waals surface area contributed by atoms with Crippen LogP contribution in [0.2, 0.25) is 0 Å². The molecule has 3 heteroatoms. The van der Waals surface area contributed by atoms with Crippen molar-refractivity contribution >= 4 is 27.3 Å². The van der Waals surface area contributed by atoms with Gasteiger partial charge in [-0.1, -0.05) is 0 Å². The molecule has 0 aromatic heterocycles. The van der Waals surface area contributed by atoms with Crippen LogP contribution in [0.1, 0.15) is 5.56 Å². The van der Waals surface area contributed by atoms with E-state index in [-0.39, 0.29) is 0 Å². The third-order valence-electron chi connectivity index (χ3n) is 1.31. The summed E-state index contributed by atoms with van der Waals surface area (Å²) in [5.74, 6) is 0. The summed E-state index contributed by atoms with van der Waals surface area (Å²) in [4.78, 5) is 0. The van der Waals surface area contributed by atoms with Gasteiger partial charge in [-0.15, -0.1) is 0 Å². The quantitative estimate of drug-likeness (QED) is 0.630. The van der Waals surface area contributed by atoms with Gasteiger partial charge in [-0.2, -0.15) is 0 Å². The van der Waals surface area contributed by atoms with Gasteiger partial charge >= 0.3 is 0 Å². The van der Waals surface area contributed by atoms with Crippen LogP contribution in [0.25, 0.3) is 0 Å². The Morgan fingerprint density at radius 1 is 1.30 bits per heavy atom. The van der Waals surface area contributed by atoms with E-state index in [1.54, 1.807) is 6.07 Å². The van der Waals surface area contributed by atoms with Gasteiger partial charge in [-0.25, -0.2) is 0 Å². The van der Waals surface area contributed by atoms with Crippen LogP contribution in [-0.4, -0.2) is 0 Å². The van der Waals surface area contributed by atoms with Crippen LogP contribution in [0, 0.1) is 6.92 Å². The van der Waals surface area contributed by atoms with Gasteiger partial charge in [0.25, 0.3) is 0 Å². The Kier molecular flexibility index (Phi) is 1.85. The minimum Gasteiger partial charge on any atom is -0.399 e. The van der Waals surface area contributed by atoms with Crippen LogP contribution in [0.3, 0.4) is 0 Å². The number of nitrogens with two attached hydrogens (primary N) is 2. The predicted molar refractivity (Wildman–Crippen MR) is 47.7 cm³/mol. The molecule has 2 nitrogen and oxygen atoms in total. The predicted octanol–water partition coefficient (Wildman–Crippen LogP) is 1.92. The lowest BCUT2D eigenvalue weighted by Crippen LogP contribution is -1.92. The van der Waals surface area contributed by atoms with Crippen LogP contribution >= 0.6 is 15.9 Å². The Hall–Kier alpha value is -0.700. The molecule has 54 valence electrons. The number of benzene rings is 1. The molecule has 0 unspecified atom stereocenters. The third kappa shape index (κ3) is 1.24. The molecule has 0 heterocycles. The molecule has 1 aromatic carbocycles. The van der Waals surface area contributed by atoms with Crippen molar-refractivity contribution in [2.45, 2.75) is 6.92 Å². The maximum Gasteiger partial charge on any atom is 0.0481 e. The van der Waals surface area contributed by atoms with Crippen molar-refractivity contribution in [3.63, 3.8) is 0 Å². The van der Waals surface area contributed by atoms with Crippen molar-refractivity contribution in [2.24, 2.45) is 0 Å². The minimum absolute atomic E-state index is 0.692. The van der Waals surface area contributed by atoms with E-state index >= 15 is 0 Å². The van der Waals surface area contributed by atoms with Crippen molar-refractivity contribution in [3.05, 3.63) is 22.2 Å². The molecule has 0 bridgehead atoms. The maximum atomic E-state index is 5.59. The van der Waals surface area contributed by atoms with Gasteiger partial charge in [-0.3, -0.25) is 0 Å². The second-order valence-corrected chi connectivity index (χ2v) is 3.03. The van der Waals surface area contributed by atoms with E-state index in [0.29, 0.717) is 11.4 Å². The molecule has 0 spiro atoms. The molecule has 1 rings (SSSR count). The molecule has 0 radical (unpaired) electrons. The Labute approximate surface area is 68.3 Å². The van der Waals surface area contributed by atoms with E-state index in [4.69, 9.17) is 11.5 Å². The summed E-state index contributed by atoms with van der Waals surface area (Å²) < 4.78 is 0.932. The number of nitrogen functional groups attached to an aromatic ring is 2. The lowest BCUT2D eigenvalue weighted by Gasteiger charge is -2.02. The first-order chi connectivity index (χ1) is 4.61. The molecular weight excluding hydrogens is 192 g/mol. The summed E-state index contributed by atoms with van der Waals surface area (Å²) in [5, 5.41) is 0. The summed E-state index contributed by atoms with van der Waals surface area (Å²) in [6.07, 6.45) is 0. The fourth-order valence-corrected chi connectivity index (χ4v) is 1.05. The van der Waals surface area contributed by atoms with Crippen LogP contribution in [0.5, 0.6) is 0 Å². The first-order valence-corrected chi connectivity index (χ1v) is 3.71. The highest BCUT2D eigenvalue weighted by Crippen LogP contribution is 2.25. The highest BCUT2D eigenvalue weighted by molar-refractivity contribution is 9.10. The van der Waals surface area contributed by atoms with Crippen molar-refractivity contribution in [1.82, 2.24) is 0 Å². The minimum atomic E-state index is 0.692. The van der Waals surface area contributed by atoms with Gasteiger partial charge in [0.1, 0.15) is 0 Å². The molecule has 0 amide bonds. The lowest BCUT2D eigenvalue weighted by atomic mass is 10.2. The average molecular weight is 201 g/mol. The van der Waals surface area contributed by atoms with E-state index in [9.17, 15) is 0 Å². The fourth-order valence-electron chi connectivity index (χ4n) is 0.826. The van der Waals surface area contributed by atoms with Gasteiger partial charge in [0, 0.05) is 15.8 Å². The Morgan fingerprint density at radius 2 is 1.90 bits per heavy atom. The third-order valence-corrected chi connectivity index (χ3v) is 2.39. The Balaban J connectivity index is 3.31. The van der Waals surface area contributed by atoms with Crippen LogP contribution in [-0.2, 0) is 0 Å². The van der Waals surface area contributed by atoms with E-state index in [0.717, 1.165) is 10.0 Å². The van der Waals surface area contributed by atoms with E-state index < -0.39 is 0 Å². The summed E-state index contributed by atoms with van der Waals surface area (Å²) in [6, 6.07) is 3.61. The van der Waals surface area contributed by atoms with Gasteiger partial charge < -0.3 is 11.5 Å². The number of aryl methyl sites for hydroxylation is 1. The highest BCUT2D eigenvalue weighted by atomic mass is 79.9. The monoisotopic (exact) mass is 200 g/mol. The maximum absolute atomic E-state index is 5.59. The number of anilines is 2. The number of rotatable bonds is 0. The molecule has 4 N–H and O–H groups in total. The fraction of sp³-hybridized carbons (Fsp3) is 0.143. The molecule has 0 aliphatic heterocycles. The number of hydrogen-bond acceptors (Lipinski definition) is 2. The SMILES string of the molecule is Cc1cc(N)cc(N)c1Br. The summed E-state index contributed by atoms with van der Waals surface area (Å²) in [7, 11) is 0. The molecule has 0 fully saturated rings. The van der Waals surface area contributed by atoms with E-state index in [1.807, 2.05) is 13.0 Å². The summed E-state index contributed by atoms with van der Waals surface area (Å²) in [6.45, 7) is 1.96. The molecule has 0 atom stereocenters. The largest absolute Gasteiger partial charge is 0.399 e. The number of hydrogen-bond donors (Lipinski definition) is 2. The van der Waals surface area contributed by atoms with Gasteiger partial charge in [0.2, 0.25) is 0 Å². The smallest absolute Gasteiger partial charge is 0.0481 e. The van der Waals surface area contributed by atoms with E-state index in [2.05, 4.69) is 15.9 Å². The second kappa shape index (κ2) is 2.50. The molecule has 10 heavy (non-hydrogen) atoms. The molecular formula is C7H9BrN2. The second-order valence-electron chi connectivity index (χ2n) is 2.24. The van der Waals surface area contributed by atoms with Gasteiger partial charge in [-0.05, 0) is 40.5 Å². The Bertz CT molecular complexity index is 235. The summed E-state index contributed by atoms with van der Waals surface area (Å²) in [5.41, 5.74) is 13.6. The van der Waals surface area contributed by atoms with Gasteiger partial charge in [0.15, 0.2) is 0 Å². The van der Waals surface area contributed by atoms with Crippen molar-refractivity contribution in [2.75, 3.05) is 11.5 Å². The normalized spacial score (nSPS) is 9.80. The van der Waals surface area contributed by atoms with Crippen LogP contribution < -0.4 is 11.5 Å². The van der Waals surface area contributed by atoms with Crippen LogP contribution in [0.4, 0.5) is 11.4 Å². The Morgan fingerprint density at radius 3 is 2.40 bits per heavy atom. The van der Waals surface area contributed by atoms with Gasteiger partial charge in [0.05, 0.1) is 0 Å². The van der Waals surface area contributed by atoms with Crippen molar-refractivity contribution in [3.8, 4) is 0 Å². The van der Waals surface area contributed by atoms with Crippen LogP contribution in [0.15, 0.2) is 16.6 Å². The van der Waals surface area contributed by atoms with Crippen molar-refractivity contribution in [1.29, 1.82) is 0 Å². The first kappa shape index (κ1) is 7.41. The topological polar surface area (TPSA) is 52.0 Å². The van der Waals surface area contributed by atoms with Crippen molar-refractivity contribution < 1.29 is 0 Å². The molecule has 0 aliphatic rings. The molecule has 0 aliphatic carbocycles. The number of halogens is 1. The zero-order chi connectivity index (χ0) is 7.72. The van der Waals surface area contributed by atoms with E-state index in [1.165, 1.54) is 0 Å². The zero-order valence-corrected chi connectivity index (χ0v) is 7.27. The zero-order valence-electron chi connectivity index (χ0n) is 5.69. The molecule has 1 aromatic rings. The first-order valence-electron chi connectivity index (χ1n) is 2.92. The summed E-state index contributed by atoms with van der Waals surface area (Å²) >= 11 is 3.33. The highest BCUT2D eigenvalue weighted by Gasteiger charge is 1.99. The standard InChI is InChI=1S/C7H9BrN2/c1-4-2-5(9)3-6(10)7(4)8/h2-3H,9-10H2,1H3. The lowest BCUT2D eigenvalue weighted by molar-refractivity contribution is 1.43. The molecule has 0 saturated heterocycles. The molecule has 0 saturated carbocycles.